The molecule has 110 valence electrons. The first-order chi connectivity index (χ1) is 9.90. The Balaban J connectivity index is 2.24. The number of aliphatic carboxylic acids is 1. The second-order valence-electron chi connectivity index (χ2n) is 4.21. The highest BCUT2D eigenvalue weighted by Gasteiger charge is 2.26. The Labute approximate surface area is 122 Å². The second-order valence-corrected chi connectivity index (χ2v) is 5.19. The minimum atomic E-state index is -1.20. The molecular weight excluding hydrogens is 298 g/mol. The fourth-order valence-electron chi connectivity index (χ4n) is 1.79. The van der Waals surface area contributed by atoms with Crippen LogP contribution < -0.4 is 5.32 Å². The van der Waals surface area contributed by atoms with E-state index >= 15 is 0 Å². The van der Waals surface area contributed by atoms with Crippen molar-refractivity contribution in [3.05, 3.63) is 50.5 Å². The molecule has 2 rings (SSSR count). The number of amides is 1. The van der Waals surface area contributed by atoms with Gasteiger partial charge in [-0.05, 0) is 11.4 Å². The number of nitrogens with one attached hydrogen (secondary N) is 1. The molecule has 1 unspecified atom stereocenters. The lowest BCUT2D eigenvalue weighted by Gasteiger charge is -2.13. The zero-order chi connectivity index (χ0) is 15.6. The largest absolute Gasteiger partial charge is 0.479 e. The van der Waals surface area contributed by atoms with E-state index < -0.39 is 22.8 Å². The van der Waals surface area contributed by atoms with Crippen molar-refractivity contribution in [2.24, 2.45) is 7.05 Å². The zero-order valence-electron chi connectivity index (χ0n) is 10.8. The van der Waals surface area contributed by atoms with Gasteiger partial charge in [0.1, 0.15) is 5.69 Å². The van der Waals surface area contributed by atoms with Crippen molar-refractivity contribution in [2.75, 3.05) is 0 Å². The molecule has 2 heterocycles. The minimum Gasteiger partial charge on any atom is -0.479 e. The highest BCUT2D eigenvalue weighted by molar-refractivity contribution is 7.10. The maximum atomic E-state index is 12.1. The summed E-state index contributed by atoms with van der Waals surface area (Å²) in [5.74, 6) is -1.89. The van der Waals surface area contributed by atoms with E-state index in [9.17, 15) is 24.8 Å². The van der Waals surface area contributed by atoms with Crippen LogP contribution in [0.4, 0.5) is 5.69 Å². The third kappa shape index (κ3) is 3.08. The van der Waals surface area contributed by atoms with Crippen molar-refractivity contribution in [2.45, 2.75) is 6.04 Å². The number of carbonyl (C=O) groups is 2. The summed E-state index contributed by atoms with van der Waals surface area (Å²) in [5, 5.41) is 23.9. The molecule has 8 nitrogen and oxygen atoms in total. The summed E-state index contributed by atoms with van der Waals surface area (Å²) < 4.78 is 1.28. The van der Waals surface area contributed by atoms with Crippen LogP contribution in [0.25, 0.3) is 0 Å². The van der Waals surface area contributed by atoms with Crippen LogP contribution in [0.2, 0.25) is 0 Å². The van der Waals surface area contributed by atoms with Gasteiger partial charge in [0.05, 0.1) is 11.1 Å². The topological polar surface area (TPSA) is 114 Å². The first kappa shape index (κ1) is 14.7. The van der Waals surface area contributed by atoms with E-state index in [1.807, 2.05) is 0 Å². The Bertz CT molecular complexity index is 692. The maximum absolute atomic E-state index is 12.1. The standard InChI is InChI=1S/C12H11N3O5S/c1-14-6-7(15(19)20)5-8(14)11(16)13-10(12(17)18)9-3-2-4-21-9/h2-6,10H,1H3,(H,13,16)(H,17,18). The van der Waals surface area contributed by atoms with E-state index in [4.69, 9.17) is 0 Å². The lowest BCUT2D eigenvalue weighted by molar-refractivity contribution is -0.384. The first-order valence-electron chi connectivity index (χ1n) is 5.78. The van der Waals surface area contributed by atoms with Crippen molar-refractivity contribution in [3.63, 3.8) is 0 Å². The summed E-state index contributed by atoms with van der Waals surface area (Å²) in [7, 11) is 1.48. The Morgan fingerprint density at radius 1 is 1.52 bits per heavy atom. The molecule has 0 aliphatic heterocycles. The number of aryl methyl sites for hydroxylation is 1. The minimum absolute atomic E-state index is 0.0181. The van der Waals surface area contributed by atoms with E-state index in [0.717, 1.165) is 6.07 Å². The summed E-state index contributed by atoms with van der Waals surface area (Å²) in [4.78, 5) is 33.9. The smallest absolute Gasteiger partial charge is 0.331 e. The Hall–Kier alpha value is -2.68. The van der Waals surface area contributed by atoms with E-state index in [1.165, 1.54) is 29.1 Å². The lowest BCUT2D eigenvalue weighted by atomic mass is 10.2. The predicted molar refractivity (Wildman–Crippen MR) is 74.2 cm³/mol. The fourth-order valence-corrected chi connectivity index (χ4v) is 2.56. The van der Waals surface area contributed by atoms with Crippen LogP contribution in [0.15, 0.2) is 29.8 Å². The molecule has 2 aromatic rings. The van der Waals surface area contributed by atoms with Gasteiger partial charge in [0.25, 0.3) is 11.6 Å². The average molecular weight is 309 g/mol. The molecule has 0 spiro atoms. The zero-order valence-corrected chi connectivity index (χ0v) is 11.7. The molecule has 9 heteroatoms. The third-order valence-electron chi connectivity index (χ3n) is 2.78. The Morgan fingerprint density at radius 3 is 2.71 bits per heavy atom. The molecule has 0 aliphatic carbocycles. The van der Waals surface area contributed by atoms with Gasteiger partial charge in [-0.1, -0.05) is 6.07 Å². The lowest BCUT2D eigenvalue weighted by Crippen LogP contribution is -2.34. The van der Waals surface area contributed by atoms with Crippen LogP contribution in [-0.4, -0.2) is 26.5 Å². The molecule has 0 fully saturated rings. The summed E-state index contributed by atoms with van der Waals surface area (Å²) in [6, 6.07) is 3.18. The number of nitro groups is 1. The molecule has 21 heavy (non-hydrogen) atoms. The molecule has 0 saturated carbocycles. The molecule has 1 atom stereocenters. The van der Waals surface area contributed by atoms with Crippen LogP contribution in [0.5, 0.6) is 0 Å². The number of hydrogen-bond donors (Lipinski definition) is 2. The van der Waals surface area contributed by atoms with Crippen LogP contribution in [0.3, 0.4) is 0 Å². The maximum Gasteiger partial charge on any atom is 0.331 e. The van der Waals surface area contributed by atoms with Gasteiger partial charge in [0.2, 0.25) is 0 Å². The highest BCUT2D eigenvalue weighted by Crippen LogP contribution is 2.21. The SMILES string of the molecule is Cn1cc([N+](=O)[O-])cc1C(=O)NC(C(=O)O)c1cccs1. The van der Waals surface area contributed by atoms with Crippen LogP contribution >= 0.6 is 11.3 Å². The van der Waals surface area contributed by atoms with Crippen molar-refractivity contribution >= 4 is 28.9 Å². The fraction of sp³-hybridized carbons (Fsp3) is 0.167. The normalized spacial score (nSPS) is 11.9. The molecule has 0 aromatic carbocycles. The summed E-state index contributed by atoms with van der Waals surface area (Å²) in [6.07, 6.45) is 1.19. The van der Waals surface area contributed by atoms with Crippen molar-refractivity contribution in [1.29, 1.82) is 0 Å². The van der Waals surface area contributed by atoms with Crippen LogP contribution in [0.1, 0.15) is 21.4 Å². The van der Waals surface area contributed by atoms with Gasteiger partial charge in [0.15, 0.2) is 6.04 Å². The third-order valence-corrected chi connectivity index (χ3v) is 3.72. The number of carbonyl (C=O) groups excluding carboxylic acids is 1. The number of carboxylic acid groups (broad SMARTS) is 1. The van der Waals surface area contributed by atoms with Gasteiger partial charge >= 0.3 is 5.97 Å². The molecule has 0 aliphatic rings. The van der Waals surface area contributed by atoms with E-state index in [0.29, 0.717) is 4.88 Å². The number of carboxylic acids is 1. The van der Waals surface area contributed by atoms with E-state index in [1.54, 1.807) is 17.5 Å². The number of hydrogen-bond acceptors (Lipinski definition) is 5. The number of aromatic nitrogens is 1. The van der Waals surface area contributed by atoms with Gasteiger partial charge in [-0.15, -0.1) is 11.3 Å². The van der Waals surface area contributed by atoms with E-state index in [2.05, 4.69) is 5.32 Å². The number of thiophene rings is 1. The summed E-state index contributed by atoms with van der Waals surface area (Å²) in [5.41, 5.74) is -0.213. The molecule has 0 bridgehead atoms. The second kappa shape index (κ2) is 5.75. The molecule has 2 aromatic heterocycles. The van der Waals surface area contributed by atoms with Gasteiger partial charge in [-0.25, -0.2) is 4.79 Å². The van der Waals surface area contributed by atoms with Crippen LogP contribution in [-0.2, 0) is 11.8 Å². The van der Waals surface area contributed by atoms with Gasteiger partial charge in [0, 0.05) is 18.0 Å². The molecule has 2 N–H and O–H groups in total. The monoisotopic (exact) mass is 309 g/mol. The predicted octanol–water partition coefficient (Wildman–Crippen LogP) is 1.55. The molecule has 0 saturated heterocycles. The molecular formula is C12H11N3O5S. The average Bonchev–Trinajstić information content (AvgIpc) is 3.04. The highest BCUT2D eigenvalue weighted by atomic mass is 32.1. The van der Waals surface area contributed by atoms with E-state index in [-0.39, 0.29) is 11.4 Å². The van der Waals surface area contributed by atoms with Gasteiger partial charge in [-0.3, -0.25) is 14.9 Å². The number of rotatable bonds is 5. The first-order valence-corrected chi connectivity index (χ1v) is 6.66. The summed E-state index contributed by atoms with van der Waals surface area (Å²) >= 11 is 1.20. The van der Waals surface area contributed by atoms with Crippen molar-refractivity contribution in [1.82, 2.24) is 9.88 Å². The quantitative estimate of drug-likeness (QED) is 0.642. The Kier molecular flexibility index (Phi) is 4.03. The van der Waals surface area contributed by atoms with Crippen molar-refractivity contribution in [3.8, 4) is 0 Å². The van der Waals surface area contributed by atoms with Crippen LogP contribution in [0, 0.1) is 10.1 Å². The molecule has 1 amide bonds. The van der Waals surface area contributed by atoms with Gasteiger partial charge < -0.3 is 15.0 Å². The number of nitrogens with zero attached hydrogens (tertiary/aromatic N) is 2. The molecule has 0 radical (unpaired) electrons. The van der Waals surface area contributed by atoms with Gasteiger partial charge in [-0.2, -0.15) is 0 Å². The van der Waals surface area contributed by atoms with Crippen molar-refractivity contribution < 1.29 is 19.6 Å². The summed E-state index contributed by atoms with van der Waals surface area (Å²) in [6.45, 7) is 0. The Morgan fingerprint density at radius 2 is 2.24 bits per heavy atom.